The Labute approximate surface area is 40.4 Å². The first kappa shape index (κ1) is 5.65. The van der Waals surface area contributed by atoms with E-state index in [-0.39, 0.29) is 7.11 Å². The molecule has 0 spiro atoms. The summed E-state index contributed by atoms with van der Waals surface area (Å²) in [6.07, 6.45) is 0. The Bertz CT molecular complexity index is 20.4. The molecular formula is C2H12Si3. The molecule has 0 fully saturated rings. The van der Waals surface area contributed by atoms with Crippen molar-refractivity contribution in [2.45, 2.75) is 13.1 Å². The van der Waals surface area contributed by atoms with Crippen molar-refractivity contribution in [3.63, 3.8) is 0 Å². The zero-order chi connectivity index (χ0) is 4.50. The highest BCUT2D eigenvalue weighted by molar-refractivity contribution is 7.40. The second-order valence-corrected chi connectivity index (χ2v) is 33.0. The molecule has 5 heavy (non-hydrogen) atoms. The fourth-order valence-electron chi connectivity index (χ4n) is 0. The van der Waals surface area contributed by atoms with Crippen LogP contribution in [0.25, 0.3) is 0 Å². The SMILES string of the molecule is C[Si](C)([SiH3])[SiH3]. The van der Waals surface area contributed by atoms with Crippen LogP contribution in [-0.4, -0.2) is 26.6 Å². The van der Waals surface area contributed by atoms with Crippen molar-refractivity contribution in [1.29, 1.82) is 0 Å². The standard InChI is InChI=1S/C2H12Si3/c1-5(2,3)4/h1-4H3. The van der Waals surface area contributed by atoms with Crippen molar-refractivity contribution in [2.24, 2.45) is 0 Å². The van der Waals surface area contributed by atoms with E-state index in [1.54, 1.807) is 0 Å². The van der Waals surface area contributed by atoms with Crippen molar-refractivity contribution in [2.75, 3.05) is 0 Å². The lowest BCUT2D eigenvalue weighted by Crippen LogP contribution is -2.26. The first-order valence-corrected chi connectivity index (χ1v) is 12.0. The third kappa shape index (κ3) is 77.2. The Morgan fingerprint density at radius 3 is 1.20 bits per heavy atom. The predicted molar refractivity (Wildman–Crippen MR) is 37.4 cm³/mol. The van der Waals surface area contributed by atoms with Crippen LogP contribution in [-0.2, 0) is 0 Å². The molecule has 0 aliphatic rings. The Kier molecular flexibility index (Phi) is 1.58. The van der Waals surface area contributed by atoms with Crippen LogP contribution < -0.4 is 0 Å². The van der Waals surface area contributed by atoms with Crippen LogP contribution in [0.4, 0.5) is 0 Å². The summed E-state index contributed by atoms with van der Waals surface area (Å²) >= 11 is 0. The third-order valence-electron chi connectivity index (χ3n) is 0. The second-order valence-electron chi connectivity index (χ2n) is 3.00. The molecule has 32 valence electrons. The van der Waals surface area contributed by atoms with Gasteiger partial charge in [-0.2, -0.15) is 0 Å². The lowest BCUT2D eigenvalue weighted by atomic mass is 11.9. The number of hydrogen-bond donors (Lipinski definition) is 0. The maximum Gasteiger partial charge on any atom is 0.0145 e. The summed E-state index contributed by atoms with van der Waals surface area (Å²) in [5.41, 5.74) is 0. The first-order valence-electron chi connectivity index (χ1n) is 2.00. The van der Waals surface area contributed by atoms with Crippen molar-refractivity contribution in [1.82, 2.24) is 0 Å². The zero-order valence-corrected chi connectivity index (χ0v) is 9.50. The van der Waals surface area contributed by atoms with E-state index in [1.165, 1.54) is 19.5 Å². The largest absolute Gasteiger partial charge is 0.0746 e. The summed E-state index contributed by atoms with van der Waals surface area (Å²) in [6.45, 7) is 4.90. The molecule has 0 bridgehead atoms. The Balaban J connectivity index is 3.02. The van der Waals surface area contributed by atoms with Crippen LogP contribution >= 0.6 is 0 Å². The molecule has 0 heterocycles. The minimum absolute atomic E-state index is 0.333. The summed E-state index contributed by atoms with van der Waals surface area (Å²) in [7, 11) is 2.68. The van der Waals surface area contributed by atoms with E-state index in [2.05, 4.69) is 13.1 Å². The summed E-state index contributed by atoms with van der Waals surface area (Å²) < 4.78 is 0. The lowest BCUT2D eigenvalue weighted by Gasteiger charge is -2.01. The minimum Gasteiger partial charge on any atom is -0.0746 e. The third-order valence-corrected chi connectivity index (χ3v) is 0. The van der Waals surface area contributed by atoms with E-state index in [0.29, 0.717) is 0 Å². The summed E-state index contributed by atoms with van der Waals surface area (Å²) in [5, 5.41) is 0. The molecule has 0 N–H and O–H groups in total. The average molecular weight is 120 g/mol. The van der Waals surface area contributed by atoms with Crippen molar-refractivity contribution < 1.29 is 0 Å². The molecular weight excluding hydrogens is 108 g/mol. The lowest BCUT2D eigenvalue weighted by molar-refractivity contribution is 2.06. The van der Waals surface area contributed by atoms with Gasteiger partial charge in [-0.3, -0.25) is 0 Å². The summed E-state index contributed by atoms with van der Waals surface area (Å²) in [5.74, 6) is 0. The molecule has 3 heteroatoms. The zero-order valence-electron chi connectivity index (χ0n) is 4.50. The monoisotopic (exact) mass is 120 g/mol. The van der Waals surface area contributed by atoms with E-state index in [4.69, 9.17) is 0 Å². The molecule has 0 aromatic heterocycles. The quantitative estimate of drug-likeness (QED) is 0.339. The normalized spacial score (nSPS) is 13.2. The first-order chi connectivity index (χ1) is 2.00. The molecule has 0 radical (unpaired) electrons. The van der Waals surface area contributed by atoms with Crippen molar-refractivity contribution in [3.8, 4) is 0 Å². The molecule has 0 atom stereocenters. The van der Waals surface area contributed by atoms with Gasteiger partial charge >= 0.3 is 0 Å². The second kappa shape index (κ2) is 1.40. The van der Waals surface area contributed by atoms with Gasteiger partial charge in [0.1, 0.15) is 0 Å². The van der Waals surface area contributed by atoms with Gasteiger partial charge in [0.15, 0.2) is 0 Å². The molecule has 0 aliphatic carbocycles. The Hall–Kier alpha value is 0.651. The highest BCUT2D eigenvalue weighted by atomic mass is 29.6. The highest BCUT2D eigenvalue weighted by Gasteiger charge is 1.99. The topological polar surface area (TPSA) is 0 Å². The van der Waals surface area contributed by atoms with Crippen LogP contribution in [0.3, 0.4) is 0 Å². The van der Waals surface area contributed by atoms with Gasteiger partial charge in [0.05, 0.1) is 0 Å². The van der Waals surface area contributed by atoms with Gasteiger partial charge < -0.3 is 0 Å². The van der Waals surface area contributed by atoms with E-state index < -0.39 is 0 Å². The van der Waals surface area contributed by atoms with E-state index in [9.17, 15) is 0 Å². The molecule has 0 rings (SSSR count). The predicted octanol–water partition coefficient (Wildman–Crippen LogP) is -1.58. The molecule has 0 saturated heterocycles. The van der Waals surface area contributed by atoms with Gasteiger partial charge in [0.2, 0.25) is 0 Å². The minimum atomic E-state index is -0.333. The van der Waals surface area contributed by atoms with Crippen molar-refractivity contribution in [3.05, 3.63) is 0 Å². The number of rotatable bonds is 0. The number of hydrogen-bond acceptors (Lipinski definition) is 0. The molecule has 0 saturated carbocycles. The van der Waals surface area contributed by atoms with Gasteiger partial charge in [-0.1, -0.05) is 13.1 Å². The fraction of sp³-hybridized carbons (Fsp3) is 1.00. The van der Waals surface area contributed by atoms with E-state index in [0.717, 1.165) is 0 Å². The van der Waals surface area contributed by atoms with Crippen LogP contribution in [0.1, 0.15) is 0 Å². The molecule has 0 aliphatic heterocycles. The molecule has 0 aromatic rings. The van der Waals surface area contributed by atoms with Crippen LogP contribution in [0.2, 0.25) is 13.1 Å². The van der Waals surface area contributed by atoms with Gasteiger partial charge in [0.25, 0.3) is 0 Å². The Morgan fingerprint density at radius 2 is 1.20 bits per heavy atom. The average Bonchev–Trinajstić information content (AvgIpc) is 0.722. The van der Waals surface area contributed by atoms with Crippen molar-refractivity contribution >= 4 is 26.6 Å². The van der Waals surface area contributed by atoms with E-state index >= 15 is 0 Å². The molecule has 0 unspecified atom stereocenters. The Morgan fingerprint density at radius 1 is 1.20 bits per heavy atom. The van der Waals surface area contributed by atoms with Gasteiger partial charge in [0, 0.05) is 7.11 Å². The van der Waals surface area contributed by atoms with Crippen LogP contribution in [0.5, 0.6) is 0 Å². The molecule has 0 amide bonds. The maximum absolute atomic E-state index is 2.45. The van der Waals surface area contributed by atoms with Gasteiger partial charge in [-0.05, 0) is 19.5 Å². The summed E-state index contributed by atoms with van der Waals surface area (Å²) in [6, 6.07) is 0. The summed E-state index contributed by atoms with van der Waals surface area (Å²) in [4.78, 5) is 0. The van der Waals surface area contributed by atoms with Gasteiger partial charge in [-0.25, -0.2) is 0 Å². The maximum atomic E-state index is 2.45. The van der Waals surface area contributed by atoms with Crippen LogP contribution in [0, 0.1) is 0 Å². The fourth-order valence-corrected chi connectivity index (χ4v) is 0. The van der Waals surface area contributed by atoms with E-state index in [1.807, 2.05) is 0 Å². The van der Waals surface area contributed by atoms with Gasteiger partial charge in [-0.15, -0.1) is 0 Å². The smallest absolute Gasteiger partial charge is 0.0145 e. The molecule has 0 aromatic carbocycles. The molecule has 0 nitrogen and oxygen atoms in total. The van der Waals surface area contributed by atoms with Crippen LogP contribution in [0.15, 0.2) is 0 Å². The highest BCUT2D eigenvalue weighted by Crippen LogP contribution is 1.80.